The van der Waals surface area contributed by atoms with Gasteiger partial charge in [0.1, 0.15) is 30.1 Å². The summed E-state index contributed by atoms with van der Waals surface area (Å²) in [6.45, 7) is 13.5. The number of hydrogen-bond donors (Lipinski definition) is 2. The van der Waals surface area contributed by atoms with E-state index >= 15 is 4.79 Å². The molecule has 4 saturated heterocycles. The van der Waals surface area contributed by atoms with Crippen LogP contribution in [0.4, 0.5) is 0 Å². The van der Waals surface area contributed by atoms with Crippen molar-refractivity contribution in [3.8, 4) is 22.5 Å². The minimum Gasteiger partial charge on any atom is -0.464 e. The van der Waals surface area contributed by atoms with Crippen LogP contribution in [-0.2, 0) is 30.3 Å². The van der Waals surface area contributed by atoms with Crippen LogP contribution in [0.15, 0.2) is 47.2 Å². The van der Waals surface area contributed by atoms with Gasteiger partial charge in [-0.2, -0.15) is 0 Å². The van der Waals surface area contributed by atoms with E-state index in [-0.39, 0.29) is 53.9 Å². The van der Waals surface area contributed by atoms with Crippen molar-refractivity contribution in [1.29, 1.82) is 0 Å². The van der Waals surface area contributed by atoms with Gasteiger partial charge in [-0.05, 0) is 126 Å². The van der Waals surface area contributed by atoms with Crippen LogP contribution in [0.3, 0.4) is 0 Å². The molecule has 2 N–H and O–H groups in total. The number of oxazole rings is 1. The average Bonchev–Trinajstić information content (AvgIpc) is 4.28. The Morgan fingerprint density at radius 3 is 2.56 bits per heavy atom. The number of aromatic nitrogens is 3. The average molecular weight is 928 g/mol. The summed E-state index contributed by atoms with van der Waals surface area (Å²) in [5, 5.41) is 6.00. The number of carbonyl (C=O) groups is 3. The van der Waals surface area contributed by atoms with Gasteiger partial charge in [0.05, 0.1) is 30.1 Å². The largest absolute Gasteiger partial charge is 0.464 e. The number of fused-ring (bicyclic) bond motifs is 6. The quantitative estimate of drug-likeness (QED) is 0.181. The molecule has 2 amide bonds. The monoisotopic (exact) mass is 928 g/mol. The Hall–Kier alpha value is -4.67. The predicted molar refractivity (Wildman–Crippen MR) is 256 cm³/mol. The van der Waals surface area contributed by atoms with Gasteiger partial charge in [-0.25, -0.2) is 10.4 Å². The highest BCUT2D eigenvalue weighted by Gasteiger charge is 2.60. The van der Waals surface area contributed by atoms with Crippen LogP contribution in [0.5, 0.6) is 0 Å². The number of hydrazine groups is 1. The molecule has 68 heavy (non-hydrogen) atoms. The molecule has 8 aliphatic rings. The van der Waals surface area contributed by atoms with Crippen molar-refractivity contribution in [2.24, 2.45) is 29.1 Å². The fourth-order valence-electron chi connectivity index (χ4n) is 13.1. The zero-order valence-electron chi connectivity index (χ0n) is 40.7. The first-order chi connectivity index (χ1) is 32.8. The Morgan fingerprint density at radius 1 is 1.01 bits per heavy atom. The van der Waals surface area contributed by atoms with Gasteiger partial charge < -0.3 is 23.8 Å². The molecule has 5 aliphatic heterocycles. The first kappa shape index (κ1) is 44.5. The minimum absolute atomic E-state index is 0.00919. The highest BCUT2D eigenvalue weighted by atomic mass is 16.5. The van der Waals surface area contributed by atoms with Crippen LogP contribution < -0.4 is 10.7 Å². The summed E-state index contributed by atoms with van der Waals surface area (Å²) in [5.41, 5.74) is 9.70. The topological polar surface area (TPSA) is 151 Å². The van der Waals surface area contributed by atoms with E-state index in [1.165, 1.54) is 12.8 Å². The normalized spacial score (nSPS) is 30.5. The molecule has 3 aliphatic carbocycles. The number of hydrogen-bond acceptors (Lipinski definition) is 12. The molecule has 12 rings (SSSR count). The lowest BCUT2D eigenvalue weighted by Crippen LogP contribution is -2.71. The highest BCUT2D eigenvalue weighted by molar-refractivity contribution is 5.95. The van der Waals surface area contributed by atoms with E-state index in [1.807, 2.05) is 12.3 Å². The third-order valence-corrected chi connectivity index (χ3v) is 17.5. The molecule has 362 valence electrons. The summed E-state index contributed by atoms with van der Waals surface area (Å²) < 4.78 is 21.4. The molecule has 3 saturated carbocycles. The van der Waals surface area contributed by atoms with E-state index in [2.05, 4.69) is 89.0 Å². The zero-order valence-corrected chi connectivity index (χ0v) is 40.7. The molecule has 3 aromatic heterocycles. The Morgan fingerprint density at radius 2 is 1.82 bits per heavy atom. The Kier molecular flexibility index (Phi) is 11.0. The van der Waals surface area contributed by atoms with Crippen molar-refractivity contribution in [3.63, 3.8) is 0 Å². The number of likely N-dealkylation sites (N-methyl/N-ethyl adjacent to an activating group) is 1. The number of esters is 1. The van der Waals surface area contributed by atoms with Gasteiger partial charge in [0.25, 0.3) is 5.91 Å². The van der Waals surface area contributed by atoms with Gasteiger partial charge >= 0.3 is 5.97 Å². The molecule has 6 bridgehead atoms. The van der Waals surface area contributed by atoms with E-state index in [4.69, 9.17) is 23.9 Å². The van der Waals surface area contributed by atoms with Gasteiger partial charge in [-0.1, -0.05) is 26.8 Å². The standard InChI is InChI=1S/C53H69N9O6/c1-30-42(32-12-13-32)43(30)48(63)56-45-47(60-27-53(28-60)18-9-20-58(53)5)49-55-40(26-67-49)33-14-17-41-37(22-33)38(23-52(3,4)29-68-51(65)39-11-8-21-61(57-39)50(45)64)46(36-10-7-19-54-44(36)31(2)66-6)62(41)35-24-59(25-35)34-15-16-34/h7,10,14,17,19,22,26,30-32,34-35,39,42-43,45,47,57H,8-9,11-13,15-16,18,20-21,23-25,27-29H2,1-6H3,(H,56,63)/t30-,31-,39-,42-,43+,45-,47-/m0/s1. The van der Waals surface area contributed by atoms with E-state index < -0.39 is 23.5 Å². The second-order valence-electron chi connectivity index (χ2n) is 22.8. The van der Waals surface area contributed by atoms with Crippen LogP contribution in [0.2, 0.25) is 0 Å². The van der Waals surface area contributed by atoms with E-state index in [1.54, 1.807) is 18.4 Å². The van der Waals surface area contributed by atoms with E-state index in [9.17, 15) is 9.59 Å². The summed E-state index contributed by atoms with van der Waals surface area (Å²) in [6, 6.07) is 9.32. The first-order valence-corrected chi connectivity index (χ1v) is 25.7. The highest BCUT2D eigenvalue weighted by Crippen LogP contribution is 2.59. The molecule has 1 aromatic carbocycles. The van der Waals surface area contributed by atoms with Crippen LogP contribution >= 0.6 is 0 Å². The molecule has 8 heterocycles. The van der Waals surface area contributed by atoms with Crippen LogP contribution in [0, 0.1) is 29.1 Å². The fourth-order valence-corrected chi connectivity index (χ4v) is 13.1. The number of amides is 2. The predicted octanol–water partition coefficient (Wildman–Crippen LogP) is 6.30. The molecule has 15 heteroatoms. The number of ether oxygens (including phenoxy) is 2. The molecule has 0 radical (unpaired) electrons. The molecule has 0 unspecified atom stereocenters. The molecular formula is C53H69N9O6. The molecular weight excluding hydrogens is 859 g/mol. The number of likely N-dealkylation sites (tertiary alicyclic amines) is 3. The summed E-state index contributed by atoms with van der Waals surface area (Å²) in [7, 11) is 3.92. The number of nitrogens with zero attached hydrogens (tertiary/aromatic N) is 7. The van der Waals surface area contributed by atoms with Crippen molar-refractivity contribution in [2.75, 3.05) is 60.0 Å². The zero-order chi connectivity index (χ0) is 46.8. The molecule has 7 atom stereocenters. The number of pyridine rings is 1. The summed E-state index contributed by atoms with van der Waals surface area (Å²) in [6.07, 6.45) is 12.1. The van der Waals surface area contributed by atoms with Crippen molar-refractivity contribution < 1.29 is 28.3 Å². The van der Waals surface area contributed by atoms with Gasteiger partial charge in [0, 0.05) is 91.0 Å². The third-order valence-electron chi connectivity index (χ3n) is 17.5. The summed E-state index contributed by atoms with van der Waals surface area (Å²) in [5.74, 6) is 0.683. The van der Waals surface area contributed by atoms with Gasteiger partial charge in [0.15, 0.2) is 0 Å². The van der Waals surface area contributed by atoms with Crippen molar-refractivity contribution >= 4 is 28.7 Å². The van der Waals surface area contributed by atoms with E-state index in [0.29, 0.717) is 55.3 Å². The smallest absolute Gasteiger partial charge is 0.324 e. The molecule has 4 aromatic rings. The first-order valence-electron chi connectivity index (χ1n) is 25.7. The fraction of sp³-hybridized carbons (Fsp3) is 0.642. The second kappa shape index (κ2) is 16.7. The second-order valence-corrected chi connectivity index (χ2v) is 22.8. The van der Waals surface area contributed by atoms with Gasteiger partial charge in [0.2, 0.25) is 11.8 Å². The lowest BCUT2D eigenvalue weighted by molar-refractivity contribution is -0.157. The molecule has 15 nitrogen and oxygen atoms in total. The number of cyclic esters (lactones) is 1. The van der Waals surface area contributed by atoms with Crippen molar-refractivity contribution in [2.45, 2.75) is 127 Å². The van der Waals surface area contributed by atoms with Gasteiger partial charge in [-0.3, -0.25) is 39.1 Å². The molecule has 1 spiro atoms. The number of benzene rings is 1. The van der Waals surface area contributed by atoms with Crippen LogP contribution in [-0.4, -0.2) is 136 Å². The third kappa shape index (κ3) is 7.69. The maximum absolute atomic E-state index is 15.3. The van der Waals surface area contributed by atoms with Crippen LogP contribution in [0.1, 0.15) is 114 Å². The van der Waals surface area contributed by atoms with Crippen LogP contribution in [0.25, 0.3) is 33.4 Å². The summed E-state index contributed by atoms with van der Waals surface area (Å²) in [4.78, 5) is 61.6. The van der Waals surface area contributed by atoms with Crippen molar-refractivity contribution in [1.82, 2.24) is 45.0 Å². The Labute approximate surface area is 399 Å². The number of methoxy groups -OCH3 is 1. The Bertz CT molecular complexity index is 2620. The number of carbonyl (C=O) groups excluding carboxylic acids is 3. The maximum Gasteiger partial charge on any atom is 0.324 e. The van der Waals surface area contributed by atoms with Crippen molar-refractivity contribution in [3.05, 3.63) is 59.9 Å². The number of rotatable bonds is 9. The number of nitrogens with one attached hydrogen (secondary N) is 2. The lowest BCUT2D eigenvalue weighted by Gasteiger charge is -2.55. The summed E-state index contributed by atoms with van der Waals surface area (Å²) >= 11 is 0. The SMILES string of the molecule is CO[C@@H](C)c1ncccc1-c1c2c3cc(ccc3n1C1CN(C3CC3)C1)-c1coc(n1)[C@@H](N1CC3(CCCN3C)C1)[C@H](NC(=O)[C@@H]1[C@@H](C)[C@H]1C1CC1)C(=O)N1CCC[C@H](N1)C(=O)OCC(C)(C)C2. The lowest BCUT2D eigenvalue weighted by atomic mass is 9.84. The van der Waals surface area contributed by atoms with E-state index in [0.717, 1.165) is 97.4 Å². The maximum atomic E-state index is 15.3. The minimum atomic E-state index is -1.02. The van der Waals surface area contributed by atoms with Gasteiger partial charge in [-0.15, -0.1) is 0 Å². The Balaban J connectivity index is 1.01. The molecule has 7 fully saturated rings.